The molecule has 2 aromatic carbocycles. The van der Waals surface area contributed by atoms with Crippen molar-refractivity contribution in [3.8, 4) is 11.4 Å². The number of fused-ring (bicyclic) bond motifs is 4. The Bertz CT molecular complexity index is 2190. The third-order valence-corrected chi connectivity index (χ3v) is 12.3. The first kappa shape index (κ1) is 31.6. The number of rotatable bonds is 12. The summed E-state index contributed by atoms with van der Waals surface area (Å²) in [5.41, 5.74) is 5.44. The number of nitrogens with zero attached hydrogens (tertiary/aromatic N) is 4. The standard InChI is InChI=1S/C36H38N8O3S2/c1-19(2)44-18-39-31-33(42-32(43-34(31)44)25-16-48-28-8-4-3-6-23(25)28)37-13-12-21-15-38-26-11-10-20(14-24(21)26)22(35(45)46)7-5-9-29-30-27(17-49-29)40-36(47)41-30/h3-4,6,8,10-11,14-16,18-19,22,27,29-30,38H,5,7,9,12-13,17H2,1-2H3,(H,45,46)(H,37,42,43)(H2,40,41,47)/t22?,27-,29-,30-/m0/s1. The topological polar surface area (TPSA) is 150 Å². The van der Waals surface area contributed by atoms with Crippen LogP contribution in [0.5, 0.6) is 0 Å². The van der Waals surface area contributed by atoms with E-state index in [9.17, 15) is 14.7 Å². The predicted molar refractivity (Wildman–Crippen MR) is 197 cm³/mol. The molecule has 252 valence electrons. The molecule has 2 fully saturated rings. The molecule has 4 atom stereocenters. The monoisotopic (exact) mass is 694 g/mol. The number of thiophene rings is 1. The summed E-state index contributed by atoms with van der Waals surface area (Å²) in [7, 11) is 0. The van der Waals surface area contributed by atoms with Gasteiger partial charge in [-0.25, -0.2) is 19.7 Å². The molecule has 5 N–H and O–H groups in total. The van der Waals surface area contributed by atoms with Gasteiger partial charge in [-0.15, -0.1) is 11.3 Å². The Kier molecular flexibility index (Phi) is 8.40. The number of aliphatic carboxylic acids is 1. The van der Waals surface area contributed by atoms with Crippen LogP contribution in [0.25, 0.3) is 43.5 Å². The predicted octanol–water partition coefficient (Wildman–Crippen LogP) is 6.93. The van der Waals surface area contributed by atoms with Gasteiger partial charge in [-0.3, -0.25) is 4.79 Å². The van der Waals surface area contributed by atoms with Gasteiger partial charge in [0.25, 0.3) is 0 Å². The van der Waals surface area contributed by atoms with Gasteiger partial charge in [-0.1, -0.05) is 30.7 Å². The van der Waals surface area contributed by atoms with E-state index < -0.39 is 11.9 Å². The highest BCUT2D eigenvalue weighted by molar-refractivity contribution is 8.00. The van der Waals surface area contributed by atoms with Crippen LogP contribution < -0.4 is 16.0 Å². The number of carbonyl (C=O) groups is 2. The van der Waals surface area contributed by atoms with Gasteiger partial charge in [0.2, 0.25) is 0 Å². The molecule has 2 aliphatic rings. The number of aromatic amines is 1. The Balaban J connectivity index is 0.997. The number of thioether (sulfide) groups is 1. The number of anilines is 1. The van der Waals surface area contributed by atoms with Crippen molar-refractivity contribution >= 4 is 73.1 Å². The summed E-state index contributed by atoms with van der Waals surface area (Å²) < 4.78 is 3.27. The first-order chi connectivity index (χ1) is 23.8. The number of carbonyl (C=O) groups excluding carboxylic acids is 1. The summed E-state index contributed by atoms with van der Waals surface area (Å²) in [5, 5.41) is 24.4. The van der Waals surface area contributed by atoms with E-state index in [-0.39, 0.29) is 24.2 Å². The van der Waals surface area contributed by atoms with Crippen molar-refractivity contribution in [2.45, 2.75) is 68.8 Å². The zero-order valence-electron chi connectivity index (χ0n) is 27.3. The average molecular weight is 695 g/mol. The third-order valence-electron chi connectivity index (χ3n) is 9.80. The fourth-order valence-corrected chi connectivity index (χ4v) is 9.71. The molecule has 0 saturated carbocycles. The molecular weight excluding hydrogens is 657 g/mol. The lowest BCUT2D eigenvalue weighted by Gasteiger charge is -2.18. The van der Waals surface area contributed by atoms with Crippen LogP contribution in [0.4, 0.5) is 10.6 Å². The first-order valence-electron chi connectivity index (χ1n) is 16.8. The van der Waals surface area contributed by atoms with Gasteiger partial charge in [0.1, 0.15) is 5.52 Å². The number of aromatic nitrogens is 5. The molecule has 2 amide bonds. The zero-order chi connectivity index (χ0) is 33.6. The van der Waals surface area contributed by atoms with Crippen molar-refractivity contribution < 1.29 is 14.7 Å². The van der Waals surface area contributed by atoms with Crippen LogP contribution in [-0.2, 0) is 11.2 Å². The number of benzene rings is 2. The van der Waals surface area contributed by atoms with E-state index in [4.69, 9.17) is 15.0 Å². The highest BCUT2D eigenvalue weighted by atomic mass is 32.2. The number of carboxylic acid groups (broad SMARTS) is 1. The smallest absolute Gasteiger partial charge is 0.315 e. The van der Waals surface area contributed by atoms with Gasteiger partial charge < -0.3 is 30.6 Å². The summed E-state index contributed by atoms with van der Waals surface area (Å²) in [6, 6.07) is 14.6. The molecule has 0 radical (unpaired) electrons. The second-order valence-electron chi connectivity index (χ2n) is 13.2. The fourth-order valence-electron chi connectivity index (χ4n) is 7.22. The van der Waals surface area contributed by atoms with Gasteiger partial charge in [0.15, 0.2) is 17.3 Å². The quantitative estimate of drug-likeness (QED) is 0.0866. The van der Waals surface area contributed by atoms with Gasteiger partial charge in [0.05, 0.1) is 24.3 Å². The summed E-state index contributed by atoms with van der Waals surface area (Å²) in [6.07, 6.45) is 6.74. The van der Waals surface area contributed by atoms with Crippen molar-refractivity contribution in [1.82, 2.24) is 35.1 Å². The van der Waals surface area contributed by atoms with Crippen molar-refractivity contribution in [2.75, 3.05) is 17.6 Å². The molecule has 0 spiro atoms. The number of imidazole rings is 1. The maximum atomic E-state index is 12.5. The molecule has 2 saturated heterocycles. The van der Waals surface area contributed by atoms with Crippen molar-refractivity contribution in [3.05, 3.63) is 71.5 Å². The van der Waals surface area contributed by atoms with Crippen LogP contribution in [-0.4, -0.2) is 71.2 Å². The second kappa shape index (κ2) is 13.0. The Labute approximate surface area is 291 Å². The third kappa shape index (κ3) is 5.99. The first-order valence-corrected chi connectivity index (χ1v) is 18.7. The average Bonchev–Trinajstić information content (AvgIpc) is 3.92. The molecule has 0 bridgehead atoms. The summed E-state index contributed by atoms with van der Waals surface area (Å²) in [5.74, 6) is 0.853. The van der Waals surface area contributed by atoms with Crippen molar-refractivity contribution in [1.29, 1.82) is 0 Å². The minimum Gasteiger partial charge on any atom is -0.481 e. The number of hydrogen-bond donors (Lipinski definition) is 5. The van der Waals surface area contributed by atoms with Crippen LogP contribution in [0.3, 0.4) is 0 Å². The van der Waals surface area contributed by atoms with E-state index in [0.29, 0.717) is 36.3 Å². The molecule has 49 heavy (non-hydrogen) atoms. The molecule has 0 aliphatic carbocycles. The molecular formula is C36H38N8O3S2. The lowest BCUT2D eigenvalue weighted by Crippen LogP contribution is -2.36. The fraction of sp³-hybridized carbons (Fsp3) is 0.361. The van der Waals surface area contributed by atoms with Crippen LogP contribution in [0, 0.1) is 0 Å². The largest absolute Gasteiger partial charge is 0.481 e. The molecule has 8 rings (SSSR count). The maximum Gasteiger partial charge on any atom is 0.315 e. The molecule has 6 heterocycles. The van der Waals surface area contributed by atoms with Crippen LogP contribution in [0.15, 0.2) is 60.4 Å². The van der Waals surface area contributed by atoms with E-state index in [1.807, 2.05) is 54.6 Å². The molecule has 13 heteroatoms. The van der Waals surface area contributed by atoms with Crippen LogP contribution in [0.1, 0.15) is 56.2 Å². The second-order valence-corrected chi connectivity index (χ2v) is 15.4. The summed E-state index contributed by atoms with van der Waals surface area (Å²) in [6.45, 7) is 4.85. The van der Waals surface area contributed by atoms with Crippen LogP contribution in [0.2, 0.25) is 0 Å². The van der Waals surface area contributed by atoms with Gasteiger partial charge >= 0.3 is 12.0 Å². The summed E-state index contributed by atoms with van der Waals surface area (Å²) >= 11 is 3.55. The van der Waals surface area contributed by atoms with Gasteiger partial charge in [-0.2, -0.15) is 11.8 Å². The van der Waals surface area contributed by atoms with Crippen molar-refractivity contribution in [3.63, 3.8) is 0 Å². The summed E-state index contributed by atoms with van der Waals surface area (Å²) in [4.78, 5) is 42.3. The molecule has 2 aliphatic heterocycles. The number of hydrogen-bond acceptors (Lipinski definition) is 8. The number of urea groups is 1. The molecule has 1 unspecified atom stereocenters. The molecule has 6 aromatic rings. The Morgan fingerprint density at radius 2 is 2.02 bits per heavy atom. The number of nitrogens with one attached hydrogen (secondary N) is 4. The Morgan fingerprint density at radius 3 is 2.88 bits per heavy atom. The number of amides is 2. The lowest BCUT2D eigenvalue weighted by molar-refractivity contribution is -0.139. The molecule has 4 aromatic heterocycles. The van der Waals surface area contributed by atoms with Gasteiger partial charge in [0, 0.05) is 61.7 Å². The van der Waals surface area contributed by atoms with Crippen LogP contribution >= 0.6 is 23.1 Å². The van der Waals surface area contributed by atoms with E-state index in [2.05, 4.69) is 56.9 Å². The molecule has 11 nitrogen and oxygen atoms in total. The zero-order valence-corrected chi connectivity index (χ0v) is 28.9. The minimum atomic E-state index is -0.811. The van der Waals surface area contributed by atoms with E-state index in [1.54, 1.807) is 11.3 Å². The normalized spacial score (nSPS) is 19.5. The lowest BCUT2D eigenvalue weighted by atomic mass is 9.91. The Hall–Kier alpha value is -4.62. The highest BCUT2D eigenvalue weighted by Gasteiger charge is 2.42. The maximum absolute atomic E-state index is 12.5. The van der Waals surface area contributed by atoms with Crippen molar-refractivity contribution in [2.24, 2.45) is 0 Å². The van der Waals surface area contributed by atoms with E-state index in [1.165, 1.54) is 4.70 Å². The highest BCUT2D eigenvalue weighted by Crippen LogP contribution is 2.36. The number of carboxylic acids is 1. The van der Waals surface area contributed by atoms with E-state index >= 15 is 0 Å². The SMILES string of the molecule is CC(C)n1cnc2c(NCCc3c[nH]c4ccc(C(CCC[C@@H]5SC[C@@H]6NC(=O)N[C@@H]65)C(=O)O)cc34)nc(-c3csc4ccccc34)nc21. The number of H-pyrrole nitrogens is 1. The van der Waals surface area contributed by atoms with Gasteiger partial charge in [-0.05, 0) is 62.4 Å². The Morgan fingerprint density at radius 1 is 1.14 bits per heavy atom. The minimum absolute atomic E-state index is 0.0986. The van der Waals surface area contributed by atoms with E-state index in [0.717, 1.165) is 62.7 Å².